The van der Waals surface area contributed by atoms with Crippen molar-refractivity contribution in [3.8, 4) is 0 Å². The van der Waals surface area contributed by atoms with Crippen LogP contribution < -0.4 is 5.32 Å². The molecule has 0 spiro atoms. The minimum absolute atomic E-state index is 0.226. The van der Waals surface area contributed by atoms with Gasteiger partial charge in [0.05, 0.1) is 17.2 Å². The third kappa shape index (κ3) is 9.80. The molecular formula is C20H28FN2O3PS. The number of thioether (sulfide) groups is 1. The van der Waals surface area contributed by atoms with Crippen LogP contribution in [-0.4, -0.2) is 28.8 Å². The van der Waals surface area contributed by atoms with E-state index < -0.39 is 8.25 Å². The first-order chi connectivity index (χ1) is 13.6. The van der Waals surface area contributed by atoms with E-state index >= 15 is 0 Å². The summed E-state index contributed by atoms with van der Waals surface area (Å²) in [7, 11) is -2.85. The zero-order valence-electron chi connectivity index (χ0n) is 15.9. The summed E-state index contributed by atoms with van der Waals surface area (Å²) >= 11 is 1.51. The fourth-order valence-corrected chi connectivity index (χ4v) is 3.88. The highest BCUT2D eigenvalue weighted by Crippen LogP contribution is 2.23. The Morgan fingerprint density at radius 1 is 1.18 bits per heavy atom. The fourth-order valence-electron chi connectivity index (χ4n) is 2.67. The lowest BCUT2D eigenvalue weighted by molar-refractivity contribution is 0.276. The monoisotopic (exact) mass is 426 g/mol. The van der Waals surface area contributed by atoms with Crippen LogP contribution in [0, 0.1) is 5.82 Å². The second kappa shape index (κ2) is 13.9. The number of benzene rings is 1. The maximum atomic E-state index is 14.2. The van der Waals surface area contributed by atoms with Gasteiger partial charge in [0.15, 0.2) is 0 Å². The van der Waals surface area contributed by atoms with Crippen LogP contribution in [0.3, 0.4) is 0 Å². The number of aromatic nitrogens is 1. The molecule has 1 aromatic heterocycles. The molecule has 0 aliphatic rings. The Balaban J connectivity index is 1.58. The normalized spacial score (nSPS) is 12.2. The number of halogens is 1. The summed E-state index contributed by atoms with van der Waals surface area (Å²) in [6.45, 7) is 1.29. The first-order valence-corrected chi connectivity index (χ1v) is 11.8. The van der Waals surface area contributed by atoms with E-state index in [0.717, 1.165) is 31.4 Å². The van der Waals surface area contributed by atoms with Gasteiger partial charge in [0.2, 0.25) is 0 Å². The molecule has 8 heteroatoms. The largest absolute Gasteiger partial charge is 0.326 e. The molecule has 1 unspecified atom stereocenters. The molecule has 154 valence electrons. The molecule has 2 rings (SSSR count). The fraction of sp³-hybridized carbons (Fsp3) is 0.450. The molecule has 1 atom stereocenters. The van der Waals surface area contributed by atoms with Crippen LogP contribution >= 0.6 is 20.0 Å². The van der Waals surface area contributed by atoms with Crippen LogP contribution in [0.2, 0.25) is 0 Å². The Bertz CT molecular complexity index is 722. The summed E-state index contributed by atoms with van der Waals surface area (Å²) in [5, 5.41) is 3.11. The Hall–Kier alpha value is -1.24. The van der Waals surface area contributed by atoms with Crippen molar-refractivity contribution in [1.82, 2.24) is 10.3 Å². The molecule has 0 fully saturated rings. The van der Waals surface area contributed by atoms with Crippen molar-refractivity contribution in [3.05, 3.63) is 59.7 Å². The second-order valence-electron chi connectivity index (χ2n) is 6.40. The average Bonchev–Trinajstić information content (AvgIpc) is 2.69. The van der Waals surface area contributed by atoms with Gasteiger partial charge >= 0.3 is 8.25 Å². The molecule has 0 aliphatic heterocycles. The quantitative estimate of drug-likeness (QED) is 0.261. The van der Waals surface area contributed by atoms with Crippen molar-refractivity contribution in [3.63, 3.8) is 0 Å². The van der Waals surface area contributed by atoms with Crippen LogP contribution in [-0.2, 0) is 22.1 Å². The van der Waals surface area contributed by atoms with Gasteiger partial charge in [-0.1, -0.05) is 36.8 Å². The summed E-state index contributed by atoms with van der Waals surface area (Å²) in [6, 6.07) is 11.9. The number of nitrogens with zero attached hydrogens (tertiary/aromatic N) is 1. The van der Waals surface area contributed by atoms with E-state index in [4.69, 9.17) is 4.89 Å². The summed E-state index contributed by atoms with van der Waals surface area (Å²) in [6.07, 6.45) is 6.64. The SMILES string of the molecule is O=[PH](O)OCCCNCc1cc(F)c(SCCCCCc2ccccc2)cn1. The number of hydrogen-bond acceptors (Lipinski definition) is 5. The third-order valence-corrected chi connectivity index (χ3v) is 5.67. The van der Waals surface area contributed by atoms with Gasteiger partial charge in [-0.05, 0) is 49.6 Å². The van der Waals surface area contributed by atoms with Crippen molar-refractivity contribution < 1.29 is 18.4 Å². The molecule has 1 heterocycles. The number of hydrogen-bond donors (Lipinski definition) is 2. The number of pyridine rings is 1. The average molecular weight is 426 g/mol. The van der Waals surface area contributed by atoms with Crippen LogP contribution in [0.25, 0.3) is 0 Å². The molecule has 0 bridgehead atoms. The van der Waals surface area contributed by atoms with Gasteiger partial charge in [0, 0.05) is 12.7 Å². The van der Waals surface area contributed by atoms with Crippen molar-refractivity contribution in [2.45, 2.75) is 43.5 Å². The van der Waals surface area contributed by atoms with Crippen LogP contribution in [0.5, 0.6) is 0 Å². The molecule has 2 aromatic rings. The summed E-state index contributed by atoms with van der Waals surface area (Å²) < 4.78 is 29.2. The Kier molecular flexibility index (Phi) is 11.4. The Morgan fingerprint density at radius 2 is 2.00 bits per heavy atom. The highest BCUT2D eigenvalue weighted by Gasteiger charge is 2.06. The highest BCUT2D eigenvalue weighted by atomic mass is 32.2. The summed E-state index contributed by atoms with van der Waals surface area (Å²) in [5.41, 5.74) is 2.01. The van der Waals surface area contributed by atoms with Crippen molar-refractivity contribution in [1.29, 1.82) is 0 Å². The van der Waals surface area contributed by atoms with Gasteiger partial charge in [-0.15, -0.1) is 11.8 Å². The standard InChI is InChI=1S/C20H28FN2O3PS/c21-19-14-18(15-22-11-7-12-26-27(24)25)23-16-20(19)28-13-6-2-5-10-17-8-3-1-4-9-17/h1,3-4,8-9,14,16,22,27H,2,5-7,10-13,15H2,(H,24,25). The van der Waals surface area contributed by atoms with E-state index in [2.05, 4.69) is 39.1 Å². The molecule has 0 aliphatic carbocycles. The zero-order chi connectivity index (χ0) is 20.0. The van der Waals surface area contributed by atoms with E-state index in [9.17, 15) is 8.96 Å². The first-order valence-electron chi connectivity index (χ1n) is 9.53. The molecule has 1 aromatic carbocycles. The first kappa shape index (κ1) is 23.0. The number of rotatable bonds is 14. The second-order valence-corrected chi connectivity index (χ2v) is 8.35. The summed E-state index contributed by atoms with van der Waals surface area (Å²) in [5.74, 6) is 0.655. The van der Waals surface area contributed by atoms with E-state index in [-0.39, 0.29) is 12.4 Å². The van der Waals surface area contributed by atoms with Gasteiger partial charge < -0.3 is 14.7 Å². The van der Waals surface area contributed by atoms with Crippen LogP contribution in [0.1, 0.15) is 36.9 Å². The number of aryl methyl sites for hydroxylation is 1. The minimum Gasteiger partial charge on any atom is -0.326 e. The maximum Gasteiger partial charge on any atom is 0.316 e. The number of nitrogens with one attached hydrogen (secondary N) is 1. The predicted octanol–water partition coefficient (Wildman–Crippen LogP) is 4.60. The molecule has 0 saturated carbocycles. The molecular weight excluding hydrogens is 398 g/mol. The Morgan fingerprint density at radius 3 is 2.75 bits per heavy atom. The summed E-state index contributed by atoms with van der Waals surface area (Å²) in [4.78, 5) is 13.4. The van der Waals surface area contributed by atoms with Gasteiger partial charge in [-0.3, -0.25) is 9.55 Å². The molecule has 0 radical (unpaired) electrons. The van der Waals surface area contributed by atoms with Gasteiger partial charge in [0.25, 0.3) is 0 Å². The van der Waals surface area contributed by atoms with Crippen LogP contribution in [0.15, 0.2) is 47.5 Å². The van der Waals surface area contributed by atoms with Crippen molar-refractivity contribution in [2.24, 2.45) is 0 Å². The van der Waals surface area contributed by atoms with Crippen LogP contribution in [0.4, 0.5) is 4.39 Å². The Labute approximate surface area is 171 Å². The molecule has 0 saturated heterocycles. The lowest BCUT2D eigenvalue weighted by Gasteiger charge is -2.07. The smallest absolute Gasteiger partial charge is 0.316 e. The molecule has 5 nitrogen and oxygen atoms in total. The lowest BCUT2D eigenvalue weighted by atomic mass is 10.1. The van der Waals surface area contributed by atoms with E-state index in [0.29, 0.717) is 30.1 Å². The van der Waals surface area contributed by atoms with E-state index in [1.54, 1.807) is 6.20 Å². The van der Waals surface area contributed by atoms with Gasteiger partial charge in [0.1, 0.15) is 5.82 Å². The zero-order valence-corrected chi connectivity index (χ0v) is 17.7. The highest BCUT2D eigenvalue weighted by molar-refractivity contribution is 7.99. The lowest BCUT2D eigenvalue weighted by Crippen LogP contribution is -2.17. The number of unbranched alkanes of at least 4 members (excludes halogenated alkanes) is 2. The van der Waals surface area contributed by atoms with Crippen molar-refractivity contribution >= 4 is 20.0 Å². The van der Waals surface area contributed by atoms with E-state index in [1.165, 1.54) is 23.4 Å². The van der Waals surface area contributed by atoms with Crippen molar-refractivity contribution in [2.75, 3.05) is 18.9 Å². The third-order valence-electron chi connectivity index (χ3n) is 4.12. The molecule has 0 amide bonds. The topological polar surface area (TPSA) is 71.5 Å². The maximum absolute atomic E-state index is 14.2. The van der Waals surface area contributed by atoms with E-state index in [1.807, 2.05) is 6.07 Å². The minimum atomic E-state index is -2.85. The molecule has 2 N–H and O–H groups in total. The molecule has 28 heavy (non-hydrogen) atoms. The van der Waals surface area contributed by atoms with Gasteiger partial charge in [-0.2, -0.15) is 0 Å². The van der Waals surface area contributed by atoms with Gasteiger partial charge in [-0.25, -0.2) is 4.39 Å². The predicted molar refractivity (Wildman–Crippen MR) is 112 cm³/mol.